The van der Waals surface area contributed by atoms with Crippen LogP contribution in [-0.2, 0) is 4.79 Å². The predicted molar refractivity (Wildman–Crippen MR) is 82.9 cm³/mol. The topological polar surface area (TPSA) is 54.0 Å². The lowest BCUT2D eigenvalue weighted by molar-refractivity contribution is -0.119. The molecule has 0 unspecified atom stereocenters. The van der Waals surface area contributed by atoms with Gasteiger partial charge in [0.15, 0.2) is 0 Å². The highest BCUT2D eigenvalue weighted by Gasteiger charge is 2.09. The van der Waals surface area contributed by atoms with Crippen molar-refractivity contribution in [2.75, 3.05) is 18.4 Å². The molecule has 104 valence electrons. The number of fused-ring (bicyclic) bond motifs is 1. The highest BCUT2D eigenvalue weighted by atomic mass is 16.1. The van der Waals surface area contributed by atoms with E-state index >= 15 is 0 Å². The Bertz CT molecular complexity index is 649. The second kappa shape index (κ2) is 6.19. The summed E-state index contributed by atoms with van der Waals surface area (Å²) >= 11 is 0. The number of pyridine rings is 1. The van der Waals surface area contributed by atoms with Gasteiger partial charge in [-0.1, -0.05) is 24.3 Å². The molecule has 0 aliphatic rings. The first kappa shape index (κ1) is 14.1. The molecular weight excluding hydrogens is 250 g/mol. The van der Waals surface area contributed by atoms with Crippen molar-refractivity contribution in [1.29, 1.82) is 0 Å². The van der Waals surface area contributed by atoms with E-state index in [0.29, 0.717) is 6.54 Å². The third-order valence-corrected chi connectivity index (χ3v) is 3.25. The Hall–Kier alpha value is -2.36. The summed E-state index contributed by atoms with van der Waals surface area (Å²) in [6.07, 6.45) is 1.66. The van der Waals surface area contributed by atoms with E-state index in [2.05, 4.69) is 22.2 Å². The number of aromatic nitrogens is 1. The summed E-state index contributed by atoms with van der Waals surface area (Å²) in [4.78, 5) is 16.2. The molecule has 20 heavy (non-hydrogen) atoms. The number of rotatable bonds is 5. The van der Waals surface area contributed by atoms with Crippen molar-refractivity contribution in [2.45, 2.75) is 13.8 Å². The number of carbonyl (C=O) groups is 1. The van der Waals surface area contributed by atoms with E-state index < -0.39 is 0 Å². The van der Waals surface area contributed by atoms with Crippen LogP contribution in [-0.4, -0.2) is 24.0 Å². The van der Waals surface area contributed by atoms with Crippen LogP contribution in [0, 0.1) is 13.8 Å². The van der Waals surface area contributed by atoms with E-state index in [1.807, 2.05) is 38.1 Å². The van der Waals surface area contributed by atoms with Crippen molar-refractivity contribution < 1.29 is 4.79 Å². The van der Waals surface area contributed by atoms with E-state index in [4.69, 9.17) is 0 Å². The maximum Gasteiger partial charge on any atom is 0.239 e. The van der Waals surface area contributed by atoms with Crippen molar-refractivity contribution in [2.24, 2.45) is 0 Å². The molecule has 0 fully saturated rings. The first-order valence-corrected chi connectivity index (χ1v) is 6.61. The zero-order valence-electron chi connectivity index (χ0n) is 11.9. The SMILES string of the molecule is C=CCNC(=O)CNc1c(C)c(C)nc2ccccc12. The van der Waals surface area contributed by atoms with Crippen LogP contribution in [0.5, 0.6) is 0 Å². The zero-order valence-corrected chi connectivity index (χ0v) is 11.9. The number of carbonyl (C=O) groups excluding carboxylic acids is 1. The number of nitrogens with zero attached hydrogens (tertiary/aromatic N) is 1. The molecule has 0 saturated carbocycles. The molecule has 1 heterocycles. The molecule has 0 bridgehead atoms. The summed E-state index contributed by atoms with van der Waals surface area (Å²) in [7, 11) is 0. The van der Waals surface area contributed by atoms with E-state index in [9.17, 15) is 4.79 Å². The molecule has 0 radical (unpaired) electrons. The third kappa shape index (κ3) is 2.96. The monoisotopic (exact) mass is 269 g/mol. The molecular formula is C16H19N3O. The van der Waals surface area contributed by atoms with Crippen LogP contribution in [0.4, 0.5) is 5.69 Å². The summed E-state index contributed by atoms with van der Waals surface area (Å²) in [6, 6.07) is 7.93. The lowest BCUT2D eigenvalue weighted by atomic mass is 10.1. The van der Waals surface area contributed by atoms with E-state index in [1.54, 1.807) is 6.08 Å². The summed E-state index contributed by atoms with van der Waals surface area (Å²) in [5.74, 6) is -0.0529. The zero-order chi connectivity index (χ0) is 14.5. The number of hydrogen-bond donors (Lipinski definition) is 2. The standard InChI is InChI=1S/C16H19N3O/c1-4-9-17-15(20)10-18-16-11(2)12(3)19-14-8-6-5-7-13(14)16/h4-8H,1,9-10H2,2-3H3,(H,17,20)(H,18,19). The minimum atomic E-state index is -0.0529. The molecule has 0 aliphatic heterocycles. The molecule has 1 amide bonds. The van der Waals surface area contributed by atoms with Gasteiger partial charge in [0.1, 0.15) is 0 Å². The number of hydrogen-bond acceptors (Lipinski definition) is 3. The van der Waals surface area contributed by atoms with Crippen molar-refractivity contribution >= 4 is 22.5 Å². The normalized spacial score (nSPS) is 10.3. The Morgan fingerprint density at radius 3 is 2.85 bits per heavy atom. The van der Waals surface area contributed by atoms with Gasteiger partial charge >= 0.3 is 0 Å². The molecule has 1 aromatic carbocycles. The van der Waals surface area contributed by atoms with Crippen molar-refractivity contribution in [3.8, 4) is 0 Å². The molecule has 0 saturated heterocycles. The minimum Gasteiger partial charge on any atom is -0.375 e. The lowest BCUT2D eigenvalue weighted by Gasteiger charge is -2.14. The van der Waals surface area contributed by atoms with Crippen LogP contribution in [0.1, 0.15) is 11.3 Å². The maximum absolute atomic E-state index is 11.7. The highest BCUT2D eigenvalue weighted by Crippen LogP contribution is 2.27. The van der Waals surface area contributed by atoms with Gasteiger partial charge in [-0.3, -0.25) is 9.78 Å². The smallest absolute Gasteiger partial charge is 0.239 e. The summed E-state index contributed by atoms with van der Waals surface area (Å²) in [5, 5.41) is 7.00. The van der Waals surface area contributed by atoms with Crippen LogP contribution in [0.2, 0.25) is 0 Å². The van der Waals surface area contributed by atoms with Gasteiger partial charge in [0, 0.05) is 23.3 Å². The quantitative estimate of drug-likeness (QED) is 0.820. The molecule has 0 spiro atoms. The Morgan fingerprint density at radius 1 is 1.35 bits per heavy atom. The van der Waals surface area contributed by atoms with Crippen molar-refractivity contribution in [3.05, 3.63) is 48.2 Å². The minimum absolute atomic E-state index is 0.0529. The van der Waals surface area contributed by atoms with E-state index in [-0.39, 0.29) is 12.5 Å². The Balaban J connectivity index is 2.26. The van der Waals surface area contributed by atoms with Crippen LogP contribution in [0.3, 0.4) is 0 Å². The fraction of sp³-hybridized carbons (Fsp3) is 0.250. The lowest BCUT2D eigenvalue weighted by Crippen LogP contribution is -2.30. The molecule has 2 N–H and O–H groups in total. The fourth-order valence-corrected chi connectivity index (χ4v) is 2.07. The highest BCUT2D eigenvalue weighted by molar-refractivity contribution is 5.94. The third-order valence-electron chi connectivity index (χ3n) is 3.25. The summed E-state index contributed by atoms with van der Waals surface area (Å²) in [6.45, 7) is 8.28. The van der Waals surface area contributed by atoms with Crippen LogP contribution in [0.15, 0.2) is 36.9 Å². The van der Waals surface area contributed by atoms with Gasteiger partial charge in [-0.2, -0.15) is 0 Å². The average Bonchev–Trinajstić information content (AvgIpc) is 2.45. The molecule has 0 aliphatic carbocycles. The van der Waals surface area contributed by atoms with E-state index in [1.165, 1.54) is 0 Å². The second-order valence-corrected chi connectivity index (χ2v) is 4.66. The van der Waals surface area contributed by atoms with Crippen LogP contribution >= 0.6 is 0 Å². The predicted octanol–water partition coefficient (Wildman–Crippen LogP) is 2.57. The molecule has 2 rings (SSSR count). The Labute approximate surface area is 118 Å². The molecule has 0 atom stereocenters. The van der Waals surface area contributed by atoms with Gasteiger partial charge in [0.05, 0.1) is 12.1 Å². The second-order valence-electron chi connectivity index (χ2n) is 4.66. The summed E-state index contributed by atoms with van der Waals surface area (Å²) in [5.41, 5.74) is 3.95. The number of benzene rings is 1. The van der Waals surface area contributed by atoms with Gasteiger partial charge in [0.2, 0.25) is 5.91 Å². The first-order valence-electron chi connectivity index (χ1n) is 6.61. The number of aryl methyl sites for hydroxylation is 1. The van der Waals surface area contributed by atoms with Gasteiger partial charge in [-0.25, -0.2) is 0 Å². The average molecular weight is 269 g/mol. The van der Waals surface area contributed by atoms with Crippen LogP contribution in [0.25, 0.3) is 10.9 Å². The number of para-hydroxylation sites is 1. The fourth-order valence-electron chi connectivity index (χ4n) is 2.07. The number of anilines is 1. The van der Waals surface area contributed by atoms with Crippen molar-refractivity contribution in [3.63, 3.8) is 0 Å². The summed E-state index contributed by atoms with van der Waals surface area (Å²) < 4.78 is 0. The van der Waals surface area contributed by atoms with E-state index in [0.717, 1.165) is 27.8 Å². The maximum atomic E-state index is 11.7. The molecule has 4 heteroatoms. The van der Waals surface area contributed by atoms with Crippen LogP contribution < -0.4 is 10.6 Å². The molecule has 2 aromatic rings. The Kier molecular flexibility index (Phi) is 4.35. The molecule has 1 aromatic heterocycles. The largest absolute Gasteiger partial charge is 0.375 e. The van der Waals surface area contributed by atoms with Gasteiger partial charge < -0.3 is 10.6 Å². The van der Waals surface area contributed by atoms with Gasteiger partial charge in [-0.15, -0.1) is 6.58 Å². The number of nitrogens with one attached hydrogen (secondary N) is 2. The first-order chi connectivity index (χ1) is 9.63. The molecule has 4 nitrogen and oxygen atoms in total. The Morgan fingerprint density at radius 2 is 2.10 bits per heavy atom. The van der Waals surface area contributed by atoms with Gasteiger partial charge in [-0.05, 0) is 25.5 Å². The van der Waals surface area contributed by atoms with Crippen molar-refractivity contribution in [1.82, 2.24) is 10.3 Å². The number of amides is 1. The van der Waals surface area contributed by atoms with Gasteiger partial charge in [0.25, 0.3) is 0 Å².